The van der Waals surface area contributed by atoms with Crippen molar-refractivity contribution in [3.8, 4) is 0 Å². The smallest absolute Gasteiger partial charge is 0.103 e. The minimum absolute atomic E-state index is 0.435. The Kier molecular flexibility index (Phi) is 4.47. The molecule has 0 saturated heterocycles. The van der Waals surface area contributed by atoms with Crippen LogP contribution in [0.25, 0.3) is 0 Å². The number of rotatable bonds is 5. The van der Waals surface area contributed by atoms with Crippen LogP contribution in [-0.2, 0) is 6.42 Å². The van der Waals surface area contributed by atoms with Gasteiger partial charge in [0.2, 0.25) is 0 Å². The van der Waals surface area contributed by atoms with Crippen molar-refractivity contribution in [1.29, 1.82) is 0 Å². The average molecular weight is 271 g/mol. The number of hydrogen-bond donors (Lipinski definition) is 1. The van der Waals surface area contributed by atoms with Gasteiger partial charge in [0.25, 0.3) is 0 Å². The molecule has 0 spiro atoms. The van der Waals surface area contributed by atoms with E-state index in [0.717, 1.165) is 24.2 Å². The van der Waals surface area contributed by atoms with Crippen molar-refractivity contribution >= 4 is 22.9 Å². The SMILES string of the molecule is CN(CCc1cccnc1)c1ccc(C(N)=S)cc1. The molecule has 0 bridgehead atoms. The van der Waals surface area contributed by atoms with Crippen molar-refractivity contribution in [2.24, 2.45) is 5.73 Å². The van der Waals surface area contributed by atoms with Crippen molar-refractivity contribution in [1.82, 2.24) is 4.98 Å². The van der Waals surface area contributed by atoms with Gasteiger partial charge in [0.05, 0.1) is 0 Å². The van der Waals surface area contributed by atoms with Gasteiger partial charge in [-0.3, -0.25) is 4.98 Å². The Hall–Kier alpha value is -1.94. The average Bonchev–Trinajstić information content (AvgIpc) is 2.46. The summed E-state index contributed by atoms with van der Waals surface area (Å²) < 4.78 is 0. The molecule has 2 aromatic rings. The van der Waals surface area contributed by atoms with E-state index in [-0.39, 0.29) is 0 Å². The standard InChI is InChI=1S/C15H17N3S/c1-18(10-8-12-3-2-9-17-11-12)14-6-4-13(5-7-14)15(16)19/h2-7,9,11H,8,10H2,1H3,(H2,16,19). The Morgan fingerprint density at radius 1 is 1.26 bits per heavy atom. The van der Waals surface area contributed by atoms with E-state index in [4.69, 9.17) is 18.0 Å². The first-order valence-corrected chi connectivity index (χ1v) is 6.57. The quantitative estimate of drug-likeness (QED) is 0.848. The normalized spacial score (nSPS) is 10.2. The van der Waals surface area contributed by atoms with Gasteiger partial charge in [-0.1, -0.05) is 18.3 Å². The van der Waals surface area contributed by atoms with Crippen LogP contribution >= 0.6 is 12.2 Å². The molecule has 1 aromatic carbocycles. The number of anilines is 1. The molecule has 4 heteroatoms. The van der Waals surface area contributed by atoms with E-state index in [9.17, 15) is 0 Å². The number of nitrogens with two attached hydrogens (primary N) is 1. The van der Waals surface area contributed by atoms with Gasteiger partial charge in [-0.15, -0.1) is 0 Å². The van der Waals surface area contributed by atoms with Gasteiger partial charge in [0.15, 0.2) is 0 Å². The molecule has 0 atom stereocenters. The number of aromatic nitrogens is 1. The lowest BCUT2D eigenvalue weighted by atomic mass is 10.1. The molecule has 0 amide bonds. The van der Waals surface area contributed by atoms with Gasteiger partial charge in [-0.2, -0.15) is 0 Å². The third kappa shape index (κ3) is 3.76. The van der Waals surface area contributed by atoms with Crippen LogP contribution in [-0.4, -0.2) is 23.6 Å². The fourth-order valence-corrected chi connectivity index (χ4v) is 1.99. The number of pyridine rings is 1. The van der Waals surface area contributed by atoms with E-state index in [1.165, 1.54) is 5.56 Å². The molecule has 0 aliphatic heterocycles. The first-order chi connectivity index (χ1) is 9.16. The van der Waals surface area contributed by atoms with Gasteiger partial charge in [-0.05, 0) is 42.3 Å². The van der Waals surface area contributed by atoms with Crippen molar-refractivity contribution in [2.45, 2.75) is 6.42 Å². The van der Waals surface area contributed by atoms with Crippen molar-refractivity contribution in [2.75, 3.05) is 18.5 Å². The summed E-state index contributed by atoms with van der Waals surface area (Å²) in [4.78, 5) is 6.76. The number of thiocarbonyl (C=S) groups is 1. The zero-order chi connectivity index (χ0) is 13.7. The lowest BCUT2D eigenvalue weighted by molar-refractivity contribution is 0.872. The molecule has 0 aliphatic carbocycles. The molecule has 0 unspecified atom stereocenters. The van der Waals surface area contributed by atoms with Crippen LogP contribution in [0.5, 0.6) is 0 Å². The topological polar surface area (TPSA) is 42.2 Å². The highest BCUT2D eigenvalue weighted by molar-refractivity contribution is 7.80. The third-order valence-electron chi connectivity index (χ3n) is 3.05. The fraction of sp³-hybridized carbons (Fsp3) is 0.200. The van der Waals surface area contributed by atoms with Crippen molar-refractivity contribution < 1.29 is 0 Å². The Morgan fingerprint density at radius 2 is 2.00 bits per heavy atom. The maximum atomic E-state index is 5.59. The van der Waals surface area contributed by atoms with E-state index >= 15 is 0 Å². The summed E-state index contributed by atoms with van der Waals surface area (Å²) in [5.41, 5.74) is 8.89. The lowest BCUT2D eigenvalue weighted by Crippen LogP contribution is -2.20. The molecule has 1 heterocycles. The second-order valence-electron chi connectivity index (χ2n) is 4.44. The van der Waals surface area contributed by atoms with Crippen molar-refractivity contribution in [3.63, 3.8) is 0 Å². The van der Waals surface area contributed by atoms with E-state index in [2.05, 4.69) is 23.0 Å². The predicted molar refractivity (Wildman–Crippen MR) is 83.5 cm³/mol. The zero-order valence-electron chi connectivity index (χ0n) is 10.9. The Morgan fingerprint density at radius 3 is 2.58 bits per heavy atom. The lowest BCUT2D eigenvalue weighted by Gasteiger charge is -2.19. The number of hydrogen-bond acceptors (Lipinski definition) is 3. The highest BCUT2D eigenvalue weighted by Gasteiger charge is 2.02. The van der Waals surface area contributed by atoms with Gasteiger partial charge in [0, 0.05) is 37.2 Å². The fourth-order valence-electron chi connectivity index (χ4n) is 1.85. The molecule has 2 rings (SSSR count). The second-order valence-corrected chi connectivity index (χ2v) is 4.88. The summed E-state index contributed by atoms with van der Waals surface area (Å²) in [6.45, 7) is 0.943. The van der Waals surface area contributed by atoms with Gasteiger partial charge in [-0.25, -0.2) is 0 Å². The monoisotopic (exact) mass is 271 g/mol. The predicted octanol–water partition coefficient (Wildman–Crippen LogP) is 2.39. The summed E-state index contributed by atoms with van der Waals surface area (Å²) in [6, 6.07) is 12.1. The summed E-state index contributed by atoms with van der Waals surface area (Å²) >= 11 is 4.94. The van der Waals surface area contributed by atoms with Crippen LogP contribution in [0.4, 0.5) is 5.69 Å². The molecule has 1 aromatic heterocycles. The number of benzene rings is 1. The third-order valence-corrected chi connectivity index (χ3v) is 3.29. The van der Waals surface area contributed by atoms with Crippen LogP contribution in [0.1, 0.15) is 11.1 Å². The van der Waals surface area contributed by atoms with E-state index in [0.29, 0.717) is 4.99 Å². The first-order valence-electron chi connectivity index (χ1n) is 6.17. The highest BCUT2D eigenvalue weighted by atomic mass is 32.1. The van der Waals surface area contributed by atoms with Crippen LogP contribution in [0.15, 0.2) is 48.8 Å². The van der Waals surface area contributed by atoms with Crippen LogP contribution in [0, 0.1) is 0 Å². The Balaban J connectivity index is 1.96. The maximum absolute atomic E-state index is 5.59. The van der Waals surface area contributed by atoms with E-state index in [1.807, 2.05) is 36.5 Å². The zero-order valence-corrected chi connectivity index (χ0v) is 11.7. The Bertz CT molecular complexity index is 537. The molecule has 0 aliphatic rings. The number of nitrogens with zero attached hydrogens (tertiary/aromatic N) is 2. The molecular weight excluding hydrogens is 254 g/mol. The largest absolute Gasteiger partial charge is 0.389 e. The first kappa shape index (κ1) is 13.5. The summed E-state index contributed by atoms with van der Waals surface area (Å²) in [6.07, 6.45) is 4.67. The van der Waals surface area contributed by atoms with Gasteiger partial charge in [0.1, 0.15) is 4.99 Å². The second kappa shape index (κ2) is 6.29. The minimum atomic E-state index is 0.435. The highest BCUT2D eigenvalue weighted by Crippen LogP contribution is 2.14. The molecule has 0 saturated carbocycles. The number of likely N-dealkylation sites (N-methyl/N-ethyl adjacent to an activating group) is 1. The van der Waals surface area contributed by atoms with Crippen LogP contribution < -0.4 is 10.6 Å². The molecule has 3 nitrogen and oxygen atoms in total. The van der Waals surface area contributed by atoms with E-state index < -0.39 is 0 Å². The molecule has 2 N–H and O–H groups in total. The Labute approximate surface area is 119 Å². The summed E-state index contributed by atoms with van der Waals surface area (Å²) in [7, 11) is 2.08. The summed E-state index contributed by atoms with van der Waals surface area (Å²) in [5, 5.41) is 0. The van der Waals surface area contributed by atoms with Crippen molar-refractivity contribution in [3.05, 3.63) is 59.9 Å². The molecule has 98 valence electrons. The van der Waals surface area contributed by atoms with Gasteiger partial charge >= 0.3 is 0 Å². The maximum Gasteiger partial charge on any atom is 0.103 e. The van der Waals surface area contributed by atoms with Crippen LogP contribution in [0.3, 0.4) is 0 Å². The molecular formula is C15H17N3S. The molecule has 19 heavy (non-hydrogen) atoms. The molecule has 0 fully saturated rings. The minimum Gasteiger partial charge on any atom is -0.389 e. The van der Waals surface area contributed by atoms with E-state index in [1.54, 1.807) is 6.20 Å². The van der Waals surface area contributed by atoms with Crippen LogP contribution in [0.2, 0.25) is 0 Å². The summed E-state index contributed by atoms with van der Waals surface area (Å²) in [5.74, 6) is 0. The molecule has 0 radical (unpaired) electrons. The van der Waals surface area contributed by atoms with Gasteiger partial charge < -0.3 is 10.6 Å².